The summed E-state index contributed by atoms with van der Waals surface area (Å²) in [6, 6.07) is 26.9. The summed E-state index contributed by atoms with van der Waals surface area (Å²) in [4.78, 5) is 44.1. The maximum absolute atomic E-state index is 13.4. The Morgan fingerprint density at radius 1 is 0.927 bits per heavy atom. The Bertz CT molecular complexity index is 1540. The number of aryl methyl sites for hydroxylation is 1. The summed E-state index contributed by atoms with van der Waals surface area (Å²) >= 11 is 7.26. The zero-order chi connectivity index (χ0) is 29.2. The van der Waals surface area contributed by atoms with E-state index in [1.807, 2.05) is 50.2 Å². The zero-order valence-corrected chi connectivity index (χ0v) is 24.1. The van der Waals surface area contributed by atoms with E-state index in [2.05, 4.69) is 20.9 Å². The Labute approximate surface area is 248 Å². The van der Waals surface area contributed by atoms with E-state index in [-0.39, 0.29) is 16.9 Å². The SMILES string of the molecule is CCC(Sc1cccc(NC(=O)/C(=C/c2ccc(C)cc2)NC(=O)c2ccccc2)c1)C(=O)Nc1ccc(Cl)cn1. The van der Waals surface area contributed by atoms with Crippen LogP contribution in [-0.4, -0.2) is 28.0 Å². The first-order valence-electron chi connectivity index (χ1n) is 13.0. The van der Waals surface area contributed by atoms with Crippen molar-refractivity contribution in [1.82, 2.24) is 10.3 Å². The summed E-state index contributed by atoms with van der Waals surface area (Å²) in [5.74, 6) is -0.635. The van der Waals surface area contributed by atoms with E-state index in [0.717, 1.165) is 16.0 Å². The number of thioether (sulfide) groups is 1. The fourth-order valence-electron chi connectivity index (χ4n) is 3.76. The van der Waals surface area contributed by atoms with Crippen molar-refractivity contribution in [2.75, 3.05) is 10.6 Å². The lowest BCUT2D eigenvalue weighted by Crippen LogP contribution is -2.30. The van der Waals surface area contributed by atoms with Crippen LogP contribution >= 0.6 is 23.4 Å². The second-order valence-electron chi connectivity index (χ2n) is 9.14. The quantitative estimate of drug-likeness (QED) is 0.138. The largest absolute Gasteiger partial charge is 0.321 e. The van der Waals surface area contributed by atoms with Gasteiger partial charge in [-0.25, -0.2) is 4.98 Å². The Hall–Kier alpha value is -4.40. The molecule has 0 saturated carbocycles. The molecule has 41 heavy (non-hydrogen) atoms. The standard InChI is InChI=1S/C32H29ClN4O3S/c1-3-28(32(40)37-29-17-16-24(33)20-34-29)41-26-11-7-10-25(19-26)35-31(39)27(18-22-14-12-21(2)13-15-22)36-30(38)23-8-5-4-6-9-23/h4-20,28H,3H2,1-2H3,(H,35,39)(H,36,38)(H,34,37,40)/b27-18-. The molecule has 1 atom stereocenters. The average Bonchev–Trinajstić information content (AvgIpc) is 2.98. The summed E-state index contributed by atoms with van der Waals surface area (Å²) in [6.07, 6.45) is 3.69. The van der Waals surface area contributed by atoms with Gasteiger partial charge in [0.25, 0.3) is 11.8 Å². The number of nitrogens with one attached hydrogen (secondary N) is 3. The van der Waals surface area contributed by atoms with Crippen LogP contribution in [0.25, 0.3) is 6.08 Å². The van der Waals surface area contributed by atoms with Crippen LogP contribution < -0.4 is 16.0 Å². The smallest absolute Gasteiger partial charge is 0.272 e. The van der Waals surface area contributed by atoms with Crippen molar-refractivity contribution in [3.05, 3.63) is 125 Å². The molecule has 1 aromatic heterocycles. The fourth-order valence-corrected chi connectivity index (χ4v) is 4.89. The number of hydrogen-bond acceptors (Lipinski definition) is 5. The molecule has 0 spiro atoms. The first kappa shape index (κ1) is 29.6. The molecule has 3 N–H and O–H groups in total. The molecule has 0 aliphatic carbocycles. The van der Waals surface area contributed by atoms with Gasteiger partial charge in [-0.2, -0.15) is 0 Å². The number of halogens is 1. The van der Waals surface area contributed by atoms with Crippen LogP contribution in [0, 0.1) is 6.92 Å². The van der Waals surface area contributed by atoms with E-state index >= 15 is 0 Å². The Morgan fingerprint density at radius 3 is 2.37 bits per heavy atom. The van der Waals surface area contributed by atoms with Gasteiger partial charge < -0.3 is 16.0 Å². The van der Waals surface area contributed by atoms with Gasteiger partial charge in [-0.05, 0) is 67.4 Å². The van der Waals surface area contributed by atoms with E-state index in [1.54, 1.807) is 60.7 Å². The van der Waals surface area contributed by atoms with Crippen LogP contribution in [0.2, 0.25) is 5.02 Å². The van der Waals surface area contributed by atoms with E-state index in [4.69, 9.17) is 11.6 Å². The summed E-state index contributed by atoms with van der Waals surface area (Å²) in [6.45, 7) is 3.90. The molecule has 1 unspecified atom stereocenters. The van der Waals surface area contributed by atoms with Crippen molar-refractivity contribution in [3.8, 4) is 0 Å². The minimum atomic E-state index is -0.476. The third-order valence-electron chi connectivity index (χ3n) is 5.93. The number of hydrogen-bond donors (Lipinski definition) is 3. The van der Waals surface area contributed by atoms with E-state index in [0.29, 0.717) is 28.5 Å². The first-order valence-corrected chi connectivity index (χ1v) is 14.2. The van der Waals surface area contributed by atoms with Gasteiger partial charge in [-0.3, -0.25) is 14.4 Å². The summed E-state index contributed by atoms with van der Waals surface area (Å²) in [7, 11) is 0. The number of aromatic nitrogens is 1. The lowest BCUT2D eigenvalue weighted by Gasteiger charge is -2.15. The first-order chi connectivity index (χ1) is 19.8. The lowest BCUT2D eigenvalue weighted by molar-refractivity contribution is -0.116. The van der Waals surface area contributed by atoms with Gasteiger partial charge in [-0.1, -0.05) is 72.6 Å². The fraction of sp³-hybridized carbons (Fsp3) is 0.125. The Morgan fingerprint density at radius 2 is 1.68 bits per heavy atom. The van der Waals surface area contributed by atoms with Gasteiger partial charge in [0, 0.05) is 22.3 Å². The molecule has 0 saturated heterocycles. The summed E-state index contributed by atoms with van der Waals surface area (Å²) in [5.41, 5.74) is 2.91. The maximum Gasteiger partial charge on any atom is 0.272 e. The summed E-state index contributed by atoms with van der Waals surface area (Å²) < 4.78 is 0. The molecule has 0 radical (unpaired) electrons. The number of carbonyl (C=O) groups is 3. The van der Waals surface area contributed by atoms with Gasteiger partial charge in [0.15, 0.2) is 0 Å². The Kier molecular flexibility index (Phi) is 10.3. The van der Waals surface area contributed by atoms with Gasteiger partial charge in [0.1, 0.15) is 11.5 Å². The Balaban J connectivity index is 1.49. The van der Waals surface area contributed by atoms with Crippen LogP contribution in [0.15, 0.2) is 108 Å². The molecule has 3 amide bonds. The van der Waals surface area contributed by atoms with Crippen molar-refractivity contribution in [2.45, 2.75) is 30.4 Å². The van der Waals surface area contributed by atoms with Gasteiger partial charge in [-0.15, -0.1) is 11.8 Å². The predicted molar refractivity (Wildman–Crippen MR) is 166 cm³/mol. The number of nitrogens with zero attached hydrogens (tertiary/aromatic N) is 1. The molecular formula is C32H29ClN4O3S. The van der Waals surface area contributed by atoms with Crippen LogP contribution in [0.1, 0.15) is 34.8 Å². The van der Waals surface area contributed by atoms with Crippen molar-refractivity contribution < 1.29 is 14.4 Å². The van der Waals surface area contributed by atoms with Crippen LogP contribution in [0.3, 0.4) is 0 Å². The second kappa shape index (κ2) is 14.3. The topological polar surface area (TPSA) is 100 Å². The van der Waals surface area contributed by atoms with Crippen molar-refractivity contribution in [2.24, 2.45) is 0 Å². The molecule has 0 aliphatic rings. The van der Waals surface area contributed by atoms with Gasteiger partial charge in [0.2, 0.25) is 5.91 Å². The molecule has 3 aromatic carbocycles. The third kappa shape index (κ3) is 8.79. The maximum atomic E-state index is 13.4. The van der Waals surface area contributed by atoms with Crippen molar-refractivity contribution in [1.29, 1.82) is 0 Å². The molecule has 4 aromatic rings. The zero-order valence-electron chi connectivity index (χ0n) is 22.6. The van der Waals surface area contributed by atoms with Gasteiger partial charge in [0.05, 0.1) is 10.3 Å². The van der Waals surface area contributed by atoms with Crippen LogP contribution in [-0.2, 0) is 9.59 Å². The highest BCUT2D eigenvalue weighted by atomic mass is 35.5. The highest BCUT2D eigenvalue weighted by Crippen LogP contribution is 2.29. The monoisotopic (exact) mass is 584 g/mol. The van der Waals surface area contributed by atoms with E-state index in [1.165, 1.54) is 18.0 Å². The molecule has 7 nitrogen and oxygen atoms in total. The molecular weight excluding hydrogens is 556 g/mol. The number of carbonyl (C=O) groups excluding carboxylic acids is 3. The highest BCUT2D eigenvalue weighted by molar-refractivity contribution is 8.00. The molecule has 0 fully saturated rings. The van der Waals surface area contributed by atoms with Gasteiger partial charge >= 0.3 is 0 Å². The molecule has 4 rings (SSSR count). The number of pyridine rings is 1. The minimum absolute atomic E-state index is 0.0991. The van der Waals surface area contributed by atoms with Crippen molar-refractivity contribution >= 4 is 58.7 Å². The molecule has 208 valence electrons. The second-order valence-corrected chi connectivity index (χ2v) is 10.8. The van der Waals surface area contributed by atoms with Crippen LogP contribution in [0.4, 0.5) is 11.5 Å². The van der Waals surface area contributed by atoms with Crippen molar-refractivity contribution in [3.63, 3.8) is 0 Å². The molecule has 0 bridgehead atoms. The van der Waals surface area contributed by atoms with Crippen LogP contribution in [0.5, 0.6) is 0 Å². The average molecular weight is 585 g/mol. The summed E-state index contributed by atoms with van der Waals surface area (Å²) in [5, 5.41) is 8.54. The highest BCUT2D eigenvalue weighted by Gasteiger charge is 2.20. The number of amides is 3. The number of benzene rings is 3. The molecule has 1 heterocycles. The third-order valence-corrected chi connectivity index (χ3v) is 7.51. The van der Waals surface area contributed by atoms with E-state index < -0.39 is 11.8 Å². The predicted octanol–water partition coefficient (Wildman–Crippen LogP) is 6.96. The molecule has 0 aliphatic heterocycles. The lowest BCUT2D eigenvalue weighted by atomic mass is 10.1. The number of rotatable bonds is 10. The minimum Gasteiger partial charge on any atom is -0.321 e. The normalized spacial score (nSPS) is 11.8. The number of anilines is 2. The molecule has 9 heteroatoms. The van der Waals surface area contributed by atoms with E-state index in [9.17, 15) is 14.4 Å².